The van der Waals surface area contributed by atoms with Gasteiger partial charge >= 0.3 is 0 Å². The molecule has 1 aromatic carbocycles. The number of carbonyl (C=O) groups is 1. The lowest BCUT2D eigenvalue weighted by Gasteiger charge is -2.04. The average molecular weight is 221 g/mol. The van der Waals surface area contributed by atoms with Gasteiger partial charge in [0, 0.05) is 13.0 Å². The van der Waals surface area contributed by atoms with Gasteiger partial charge in [0.15, 0.2) is 0 Å². The Balaban J connectivity index is 2.16. The molecule has 3 nitrogen and oxygen atoms in total. The fourth-order valence-electron chi connectivity index (χ4n) is 1.50. The van der Waals surface area contributed by atoms with E-state index in [0.29, 0.717) is 12.2 Å². The predicted molar refractivity (Wildman–Crippen MR) is 64.3 cm³/mol. The van der Waals surface area contributed by atoms with Crippen LogP contribution in [-0.2, 0) is 11.2 Å². The minimum absolute atomic E-state index is 0.133. The molecule has 0 atom stereocenters. The molecule has 2 N–H and O–H groups in total. The summed E-state index contributed by atoms with van der Waals surface area (Å²) in [4.78, 5) is 11.2. The number of nitrogens with one attached hydrogen (secondary N) is 1. The number of carbonyl (C=O) groups excluding carboxylic acids is 1. The van der Waals surface area contributed by atoms with E-state index in [1.54, 1.807) is 12.1 Å². The minimum atomic E-state index is 0.133. The molecule has 0 fully saturated rings. The second-order valence-corrected chi connectivity index (χ2v) is 3.87. The van der Waals surface area contributed by atoms with E-state index in [4.69, 9.17) is 5.11 Å². The number of hydrogen-bond acceptors (Lipinski definition) is 2. The number of amides is 1. The van der Waals surface area contributed by atoms with Gasteiger partial charge in [0.05, 0.1) is 0 Å². The third-order valence-electron chi connectivity index (χ3n) is 2.38. The zero-order valence-electron chi connectivity index (χ0n) is 9.70. The van der Waals surface area contributed by atoms with Crippen molar-refractivity contribution in [2.45, 2.75) is 32.6 Å². The standard InChI is InChI=1S/C13H19NO2/c1-2-4-13(16)14-10-3-5-11-6-8-12(15)9-7-11/h6-9,15H,2-5,10H2,1H3,(H,14,16). The number of aromatic hydroxyl groups is 1. The molecule has 1 aromatic rings. The Morgan fingerprint density at radius 1 is 1.31 bits per heavy atom. The molecule has 0 aromatic heterocycles. The summed E-state index contributed by atoms with van der Waals surface area (Å²) in [5.41, 5.74) is 1.18. The van der Waals surface area contributed by atoms with E-state index < -0.39 is 0 Å². The summed E-state index contributed by atoms with van der Waals surface area (Å²) in [7, 11) is 0. The number of benzene rings is 1. The van der Waals surface area contributed by atoms with Gasteiger partial charge in [-0.25, -0.2) is 0 Å². The molecule has 16 heavy (non-hydrogen) atoms. The van der Waals surface area contributed by atoms with Gasteiger partial charge in [-0.1, -0.05) is 19.1 Å². The van der Waals surface area contributed by atoms with Crippen molar-refractivity contribution in [2.24, 2.45) is 0 Å². The molecule has 88 valence electrons. The molecule has 0 spiro atoms. The Morgan fingerprint density at radius 2 is 2.00 bits per heavy atom. The molecule has 0 radical (unpaired) electrons. The molecule has 0 saturated carbocycles. The van der Waals surface area contributed by atoms with Gasteiger partial charge in [-0.05, 0) is 37.0 Å². The van der Waals surface area contributed by atoms with Crippen molar-refractivity contribution in [3.8, 4) is 5.75 Å². The molecular weight excluding hydrogens is 202 g/mol. The van der Waals surface area contributed by atoms with E-state index in [1.807, 2.05) is 19.1 Å². The van der Waals surface area contributed by atoms with Crippen molar-refractivity contribution < 1.29 is 9.90 Å². The normalized spacial score (nSPS) is 10.1. The van der Waals surface area contributed by atoms with E-state index in [1.165, 1.54) is 5.56 Å². The topological polar surface area (TPSA) is 49.3 Å². The van der Waals surface area contributed by atoms with E-state index >= 15 is 0 Å². The summed E-state index contributed by atoms with van der Waals surface area (Å²) in [5.74, 6) is 0.424. The van der Waals surface area contributed by atoms with Gasteiger partial charge in [-0.3, -0.25) is 4.79 Å². The molecule has 0 aliphatic rings. The number of phenolic OH excluding ortho intramolecular Hbond substituents is 1. The van der Waals surface area contributed by atoms with Gasteiger partial charge in [0.25, 0.3) is 0 Å². The van der Waals surface area contributed by atoms with Crippen LogP contribution >= 0.6 is 0 Å². The van der Waals surface area contributed by atoms with Crippen LogP contribution in [-0.4, -0.2) is 17.6 Å². The third-order valence-corrected chi connectivity index (χ3v) is 2.38. The number of phenols is 1. The SMILES string of the molecule is CCCC(=O)NCCCc1ccc(O)cc1. The van der Waals surface area contributed by atoms with Crippen molar-refractivity contribution >= 4 is 5.91 Å². The van der Waals surface area contributed by atoms with Crippen LogP contribution in [0.1, 0.15) is 31.7 Å². The van der Waals surface area contributed by atoms with Gasteiger partial charge in [0.2, 0.25) is 5.91 Å². The first-order valence-electron chi connectivity index (χ1n) is 5.77. The smallest absolute Gasteiger partial charge is 0.219 e. The largest absolute Gasteiger partial charge is 0.508 e. The number of rotatable bonds is 6. The average Bonchev–Trinajstić information content (AvgIpc) is 2.27. The van der Waals surface area contributed by atoms with Crippen molar-refractivity contribution in [2.75, 3.05) is 6.54 Å². The van der Waals surface area contributed by atoms with Crippen molar-refractivity contribution in [1.82, 2.24) is 5.32 Å². The second kappa shape index (κ2) is 6.88. The Labute approximate surface area is 96.5 Å². The van der Waals surface area contributed by atoms with Crippen molar-refractivity contribution in [3.05, 3.63) is 29.8 Å². The summed E-state index contributed by atoms with van der Waals surface area (Å²) < 4.78 is 0. The molecular formula is C13H19NO2. The van der Waals surface area contributed by atoms with E-state index in [9.17, 15) is 4.79 Å². The molecule has 0 heterocycles. The third kappa shape index (κ3) is 4.82. The lowest BCUT2D eigenvalue weighted by Crippen LogP contribution is -2.24. The Hall–Kier alpha value is -1.51. The summed E-state index contributed by atoms with van der Waals surface area (Å²) in [6.07, 6.45) is 3.36. The maximum absolute atomic E-state index is 11.2. The highest BCUT2D eigenvalue weighted by Crippen LogP contribution is 2.10. The lowest BCUT2D eigenvalue weighted by atomic mass is 10.1. The van der Waals surface area contributed by atoms with Gasteiger partial charge < -0.3 is 10.4 Å². The Bertz CT molecular complexity index is 319. The highest BCUT2D eigenvalue weighted by atomic mass is 16.3. The molecule has 3 heteroatoms. The monoisotopic (exact) mass is 221 g/mol. The highest BCUT2D eigenvalue weighted by molar-refractivity contribution is 5.75. The zero-order chi connectivity index (χ0) is 11.8. The fraction of sp³-hybridized carbons (Fsp3) is 0.462. The molecule has 0 bridgehead atoms. The molecule has 1 amide bonds. The predicted octanol–water partition coefficient (Wildman–Crippen LogP) is 2.24. The van der Waals surface area contributed by atoms with Crippen LogP contribution < -0.4 is 5.32 Å². The maximum atomic E-state index is 11.2. The second-order valence-electron chi connectivity index (χ2n) is 3.87. The summed E-state index contributed by atoms with van der Waals surface area (Å²) in [6, 6.07) is 7.18. The van der Waals surface area contributed by atoms with Gasteiger partial charge in [0.1, 0.15) is 5.75 Å². The summed E-state index contributed by atoms with van der Waals surface area (Å²) in [6.45, 7) is 2.72. The highest BCUT2D eigenvalue weighted by Gasteiger charge is 1.98. The van der Waals surface area contributed by atoms with Crippen LogP contribution in [0.15, 0.2) is 24.3 Å². The van der Waals surface area contributed by atoms with Crippen LogP contribution in [0.4, 0.5) is 0 Å². The molecule has 0 saturated heterocycles. The van der Waals surface area contributed by atoms with Crippen LogP contribution in [0, 0.1) is 0 Å². The molecule has 0 aliphatic carbocycles. The van der Waals surface area contributed by atoms with Gasteiger partial charge in [-0.15, -0.1) is 0 Å². The molecule has 0 aliphatic heterocycles. The van der Waals surface area contributed by atoms with E-state index in [0.717, 1.165) is 25.8 Å². The quantitative estimate of drug-likeness (QED) is 0.724. The van der Waals surface area contributed by atoms with Crippen LogP contribution in [0.5, 0.6) is 5.75 Å². The van der Waals surface area contributed by atoms with Crippen molar-refractivity contribution in [3.63, 3.8) is 0 Å². The Morgan fingerprint density at radius 3 is 2.62 bits per heavy atom. The van der Waals surface area contributed by atoms with Crippen LogP contribution in [0.3, 0.4) is 0 Å². The number of hydrogen-bond donors (Lipinski definition) is 2. The van der Waals surface area contributed by atoms with Crippen LogP contribution in [0.2, 0.25) is 0 Å². The van der Waals surface area contributed by atoms with Crippen molar-refractivity contribution in [1.29, 1.82) is 0 Å². The first-order chi connectivity index (χ1) is 7.72. The molecule has 1 rings (SSSR count). The van der Waals surface area contributed by atoms with Gasteiger partial charge in [-0.2, -0.15) is 0 Å². The lowest BCUT2D eigenvalue weighted by molar-refractivity contribution is -0.121. The van der Waals surface area contributed by atoms with E-state index in [-0.39, 0.29) is 5.91 Å². The van der Waals surface area contributed by atoms with Crippen LogP contribution in [0.25, 0.3) is 0 Å². The molecule has 0 unspecified atom stereocenters. The minimum Gasteiger partial charge on any atom is -0.508 e. The fourth-order valence-corrected chi connectivity index (χ4v) is 1.50. The first kappa shape index (κ1) is 12.6. The number of aryl methyl sites for hydroxylation is 1. The zero-order valence-corrected chi connectivity index (χ0v) is 9.70. The maximum Gasteiger partial charge on any atom is 0.219 e. The summed E-state index contributed by atoms with van der Waals surface area (Å²) in [5, 5.41) is 12.0. The summed E-state index contributed by atoms with van der Waals surface area (Å²) >= 11 is 0. The first-order valence-corrected chi connectivity index (χ1v) is 5.77. The Kier molecular flexibility index (Phi) is 5.40. The van der Waals surface area contributed by atoms with E-state index in [2.05, 4.69) is 5.32 Å².